The zero-order valence-corrected chi connectivity index (χ0v) is 21.6. The number of aromatic nitrogens is 1. The second-order valence-corrected chi connectivity index (χ2v) is 9.66. The Labute approximate surface area is 212 Å². The first-order valence-corrected chi connectivity index (χ1v) is 12.5. The first kappa shape index (κ1) is 25.9. The van der Waals surface area contributed by atoms with Gasteiger partial charge in [-0.05, 0) is 32.4 Å². The number of nitrogens with one attached hydrogen (secondary N) is 1. The average molecular weight is 497 g/mol. The maximum absolute atomic E-state index is 13.8. The van der Waals surface area contributed by atoms with Crippen LogP contribution in [0.25, 0.3) is 10.9 Å². The number of nitriles is 1. The number of ether oxygens (including phenoxy) is 2. The molecule has 0 spiro atoms. The molecule has 1 amide bonds. The van der Waals surface area contributed by atoms with E-state index in [2.05, 4.69) is 21.3 Å². The molecule has 0 saturated carbocycles. The molecule has 2 aliphatic heterocycles. The van der Waals surface area contributed by atoms with Crippen LogP contribution in [-0.2, 0) is 0 Å². The van der Waals surface area contributed by atoms with Gasteiger partial charge in [-0.3, -0.25) is 20.0 Å². The zero-order valence-electron chi connectivity index (χ0n) is 21.6. The molecular weight excluding hydrogens is 460 g/mol. The summed E-state index contributed by atoms with van der Waals surface area (Å²) in [4.78, 5) is 24.4. The fourth-order valence-electron chi connectivity index (χ4n) is 4.99. The molecule has 0 bridgehead atoms. The Morgan fingerprint density at radius 1 is 1.17 bits per heavy atom. The van der Waals surface area contributed by atoms with Crippen LogP contribution in [0.2, 0.25) is 0 Å². The highest BCUT2D eigenvalue weighted by molar-refractivity contribution is 6.08. The van der Waals surface area contributed by atoms with Crippen LogP contribution < -0.4 is 19.7 Å². The summed E-state index contributed by atoms with van der Waals surface area (Å²) in [5.74, 6) is 1.07. The summed E-state index contributed by atoms with van der Waals surface area (Å²) in [6, 6.07) is 6.17. The molecule has 10 heteroatoms. The number of aliphatic hydroxyl groups is 1. The van der Waals surface area contributed by atoms with Gasteiger partial charge in [0.05, 0.1) is 42.5 Å². The van der Waals surface area contributed by atoms with Crippen LogP contribution in [0.5, 0.6) is 11.5 Å². The van der Waals surface area contributed by atoms with Gasteiger partial charge in [0.25, 0.3) is 5.91 Å². The van der Waals surface area contributed by atoms with Crippen LogP contribution in [-0.4, -0.2) is 92.2 Å². The van der Waals surface area contributed by atoms with Gasteiger partial charge >= 0.3 is 0 Å². The Bertz CT molecular complexity index is 1130. The third-order valence-electron chi connectivity index (χ3n) is 7.36. The summed E-state index contributed by atoms with van der Waals surface area (Å²) in [6.07, 6.45) is 2.38. The van der Waals surface area contributed by atoms with Crippen molar-refractivity contribution in [3.8, 4) is 17.6 Å². The number of carbonyl (C=O) groups excluding carboxylic acids is 1. The number of rotatable bonds is 7. The highest BCUT2D eigenvalue weighted by Gasteiger charge is 2.34. The van der Waals surface area contributed by atoms with Crippen molar-refractivity contribution in [3.05, 3.63) is 23.9 Å². The van der Waals surface area contributed by atoms with Gasteiger partial charge in [-0.15, -0.1) is 0 Å². The van der Waals surface area contributed by atoms with Gasteiger partial charge in [-0.25, -0.2) is 0 Å². The minimum absolute atomic E-state index is 0.0830. The number of pyridine rings is 1. The van der Waals surface area contributed by atoms with Gasteiger partial charge in [-0.2, -0.15) is 5.26 Å². The van der Waals surface area contributed by atoms with E-state index in [1.807, 2.05) is 35.8 Å². The molecule has 36 heavy (non-hydrogen) atoms. The summed E-state index contributed by atoms with van der Waals surface area (Å²) in [5, 5.41) is 23.7. The predicted octanol–water partition coefficient (Wildman–Crippen LogP) is 2.03. The van der Waals surface area contributed by atoms with E-state index in [4.69, 9.17) is 9.47 Å². The lowest BCUT2D eigenvalue weighted by Gasteiger charge is -2.39. The SMILES string of the molecule is CCNC(O)N1CCN(C(=O)c2cnc3cc(OC)c(OC)cc3c2N2CCC(C)(C#N)CC2)CC1. The lowest BCUT2D eigenvalue weighted by Crippen LogP contribution is -2.55. The van der Waals surface area contributed by atoms with E-state index in [1.165, 1.54) is 0 Å². The molecule has 2 fully saturated rings. The minimum Gasteiger partial charge on any atom is -0.493 e. The third kappa shape index (κ3) is 5.05. The highest BCUT2D eigenvalue weighted by atomic mass is 16.5. The smallest absolute Gasteiger partial charge is 0.257 e. The van der Waals surface area contributed by atoms with E-state index in [0.29, 0.717) is 68.4 Å². The summed E-state index contributed by atoms with van der Waals surface area (Å²) >= 11 is 0. The van der Waals surface area contributed by atoms with Crippen LogP contribution in [0.4, 0.5) is 5.69 Å². The number of nitrogens with zero attached hydrogens (tertiary/aromatic N) is 5. The second-order valence-electron chi connectivity index (χ2n) is 9.66. The summed E-state index contributed by atoms with van der Waals surface area (Å²) in [6.45, 7) is 8.12. The maximum atomic E-state index is 13.8. The van der Waals surface area contributed by atoms with Gasteiger partial charge in [0, 0.05) is 56.9 Å². The van der Waals surface area contributed by atoms with E-state index < -0.39 is 6.35 Å². The average Bonchev–Trinajstić information content (AvgIpc) is 2.92. The van der Waals surface area contributed by atoms with Gasteiger partial charge in [0.1, 0.15) is 0 Å². The Hall–Kier alpha value is -3.13. The number of amides is 1. The summed E-state index contributed by atoms with van der Waals surface area (Å²) < 4.78 is 11.0. The standard InChI is InChI=1S/C26H36N6O4/c1-5-28-25(34)32-12-10-31(11-13-32)24(33)19-16-29-20-15-22(36-4)21(35-3)14-18(20)23(19)30-8-6-26(2,17-27)7-9-30/h14-16,25,28,34H,5-13H2,1-4H3. The monoisotopic (exact) mass is 496 g/mol. The summed E-state index contributed by atoms with van der Waals surface area (Å²) in [5.41, 5.74) is 1.71. The van der Waals surface area contributed by atoms with E-state index in [9.17, 15) is 15.2 Å². The number of piperazine rings is 1. The van der Waals surface area contributed by atoms with Crippen molar-refractivity contribution in [1.29, 1.82) is 5.26 Å². The van der Waals surface area contributed by atoms with Gasteiger partial charge < -0.3 is 24.4 Å². The molecule has 4 rings (SSSR count). The van der Waals surface area contributed by atoms with Crippen molar-refractivity contribution < 1.29 is 19.4 Å². The highest BCUT2D eigenvalue weighted by Crippen LogP contribution is 2.40. The number of carbonyl (C=O) groups is 1. The quantitative estimate of drug-likeness (QED) is 0.556. The van der Waals surface area contributed by atoms with E-state index in [0.717, 1.165) is 23.9 Å². The topological polar surface area (TPSA) is 114 Å². The number of anilines is 1. The van der Waals surface area contributed by atoms with Crippen LogP contribution in [0, 0.1) is 16.7 Å². The van der Waals surface area contributed by atoms with Crippen LogP contribution in [0.1, 0.15) is 37.0 Å². The van der Waals surface area contributed by atoms with Gasteiger partial charge in [-0.1, -0.05) is 6.92 Å². The van der Waals surface area contributed by atoms with Crippen LogP contribution in [0.3, 0.4) is 0 Å². The molecule has 2 saturated heterocycles. The normalized spacial score (nSPS) is 19.1. The van der Waals surface area contributed by atoms with Crippen molar-refractivity contribution in [1.82, 2.24) is 20.1 Å². The fourth-order valence-corrected chi connectivity index (χ4v) is 4.99. The van der Waals surface area contributed by atoms with Crippen molar-refractivity contribution in [2.45, 2.75) is 33.0 Å². The Balaban J connectivity index is 1.70. The number of benzene rings is 1. The van der Waals surface area contributed by atoms with Crippen molar-refractivity contribution in [3.63, 3.8) is 0 Å². The number of methoxy groups -OCH3 is 2. The lowest BCUT2D eigenvalue weighted by molar-refractivity contribution is -0.0417. The van der Waals surface area contributed by atoms with Crippen molar-refractivity contribution in [2.75, 3.05) is 64.9 Å². The Morgan fingerprint density at radius 2 is 1.81 bits per heavy atom. The molecule has 2 aromatic rings. The minimum atomic E-state index is -0.713. The molecule has 0 aliphatic carbocycles. The number of piperidine rings is 1. The molecule has 194 valence electrons. The first-order chi connectivity index (χ1) is 17.3. The lowest BCUT2D eigenvalue weighted by atomic mass is 9.81. The van der Waals surface area contributed by atoms with Crippen LogP contribution in [0.15, 0.2) is 18.3 Å². The number of hydrogen-bond donors (Lipinski definition) is 2. The number of aliphatic hydroxyl groups excluding tert-OH is 1. The van der Waals surface area contributed by atoms with Gasteiger partial charge in [0.15, 0.2) is 17.9 Å². The molecule has 1 aromatic heterocycles. The second kappa shape index (κ2) is 10.9. The van der Waals surface area contributed by atoms with Crippen molar-refractivity contribution >= 4 is 22.5 Å². The summed E-state index contributed by atoms with van der Waals surface area (Å²) in [7, 11) is 3.18. The van der Waals surface area contributed by atoms with E-state index in [1.54, 1.807) is 20.4 Å². The maximum Gasteiger partial charge on any atom is 0.257 e. The molecule has 3 heterocycles. The zero-order chi connectivity index (χ0) is 25.9. The molecule has 2 N–H and O–H groups in total. The van der Waals surface area contributed by atoms with Crippen LogP contribution >= 0.6 is 0 Å². The molecule has 1 unspecified atom stereocenters. The Kier molecular flexibility index (Phi) is 7.83. The first-order valence-electron chi connectivity index (χ1n) is 12.5. The molecule has 1 atom stereocenters. The predicted molar refractivity (Wildman–Crippen MR) is 137 cm³/mol. The molecule has 10 nitrogen and oxygen atoms in total. The molecule has 1 aromatic carbocycles. The van der Waals surface area contributed by atoms with Gasteiger partial charge in [0.2, 0.25) is 0 Å². The number of fused-ring (bicyclic) bond motifs is 1. The Morgan fingerprint density at radius 3 is 2.39 bits per heavy atom. The number of hydrogen-bond acceptors (Lipinski definition) is 9. The molecule has 0 radical (unpaired) electrons. The fraction of sp³-hybridized carbons (Fsp3) is 0.577. The van der Waals surface area contributed by atoms with Crippen molar-refractivity contribution in [2.24, 2.45) is 5.41 Å². The largest absolute Gasteiger partial charge is 0.493 e. The molecule has 2 aliphatic rings. The van der Waals surface area contributed by atoms with E-state index in [-0.39, 0.29) is 11.3 Å². The third-order valence-corrected chi connectivity index (χ3v) is 7.36. The molecular formula is C26H36N6O4. The van der Waals surface area contributed by atoms with E-state index >= 15 is 0 Å².